The molecule has 2 heterocycles. The number of piperazine rings is 1. The second kappa shape index (κ2) is 8.30. The Kier molecular flexibility index (Phi) is 5.42. The Labute approximate surface area is 164 Å². The second-order valence-electron chi connectivity index (χ2n) is 7.11. The number of amides is 1. The van der Waals surface area contributed by atoms with Crippen molar-refractivity contribution in [3.8, 4) is 0 Å². The highest BCUT2D eigenvalue weighted by atomic mass is 19.1. The average molecular weight is 377 g/mol. The Morgan fingerprint density at radius 3 is 2.29 bits per heavy atom. The maximum absolute atomic E-state index is 13.8. The standard InChI is InChI=1S/C23H24FN3O/c24-20-8-6-7-19(17-20)22(26-11-4-5-12-26)18-23(28)27-15-13-25(14-16-27)21-9-2-1-3-10-21/h1-12,17,22H,13-16,18H2/t22-/m0/s1. The minimum Gasteiger partial charge on any atom is -0.368 e. The van der Waals surface area contributed by atoms with Crippen LogP contribution in [0.4, 0.5) is 10.1 Å². The molecular weight excluding hydrogens is 353 g/mol. The van der Waals surface area contributed by atoms with Gasteiger partial charge in [-0.2, -0.15) is 0 Å². The zero-order valence-corrected chi connectivity index (χ0v) is 15.7. The number of carbonyl (C=O) groups is 1. The maximum Gasteiger partial charge on any atom is 0.225 e. The van der Waals surface area contributed by atoms with Crippen LogP contribution in [0.1, 0.15) is 18.0 Å². The molecular formula is C23H24FN3O. The summed E-state index contributed by atoms with van der Waals surface area (Å²) in [5, 5.41) is 0. The normalized spacial score (nSPS) is 15.5. The minimum atomic E-state index is -0.279. The molecule has 0 aliphatic carbocycles. The van der Waals surface area contributed by atoms with Gasteiger partial charge in [-0.25, -0.2) is 4.39 Å². The maximum atomic E-state index is 13.8. The fourth-order valence-electron chi connectivity index (χ4n) is 3.81. The van der Waals surface area contributed by atoms with Crippen molar-refractivity contribution in [3.63, 3.8) is 0 Å². The van der Waals surface area contributed by atoms with Gasteiger partial charge in [-0.05, 0) is 42.0 Å². The molecule has 1 aromatic heterocycles. The predicted octanol–water partition coefficient (Wildman–Crippen LogP) is 3.96. The lowest BCUT2D eigenvalue weighted by atomic mass is 10.0. The molecule has 2 aromatic carbocycles. The molecule has 1 aliphatic heterocycles. The van der Waals surface area contributed by atoms with Crippen LogP contribution in [0.15, 0.2) is 79.1 Å². The Morgan fingerprint density at radius 2 is 1.61 bits per heavy atom. The molecule has 4 nitrogen and oxygen atoms in total. The van der Waals surface area contributed by atoms with Crippen LogP contribution in [0.2, 0.25) is 0 Å². The number of para-hydroxylation sites is 1. The van der Waals surface area contributed by atoms with E-state index < -0.39 is 0 Å². The largest absolute Gasteiger partial charge is 0.368 e. The molecule has 1 atom stereocenters. The number of benzene rings is 2. The van der Waals surface area contributed by atoms with Crippen LogP contribution in [0, 0.1) is 5.82 Å². The van der Waals surface area contributed by atoms with Crippen LogP contribution in [-0.4, -0.2) is 41.6 Å². The first kappa shape index (κ1) is 18.3. The van der Waals surface area contributed by atoms with Gasteiger partial charge in [0, 0.05) is 44.3 Å². The third kappa shape index (κ3) is 4.09. The molecule has 0 radical (unpaired) electrons. The smallest absolute Gasteiger partial charge is 0.225 e. The van der Waals surface area contributed by atoms with Crippen LogP contribution >= 0.6 is 0 Å². The molecule has 1 aliphatic rings. The zero-order chi connectivity index (χ0) is 19.3. The van der Waals surface area contributed by atoms with Crippen molar-refractivity contribution in [2.75, 3.05) is 31.1 Å². The first-order chi connectivity index (χ1) is 13.7. The number of halogens is 1. The fourth-order valence-corrected chi connectivity index (χ4v) is 3.81. The van der Waals surface area contributed by atoms with Gasteiger partial charge in [0.05, 0.1) is 12.5 Å². The van der Waals surface area contributed by atoms with Gasteiger partial charge in [-0.15, -0.1) is 0 Å². The van der Waals surface area contributed by atoms with Crippen molar-refractivity contribution in [2.45, 2.75) is 12.5 Å². The van der Waals surface area contributed by atoms with Gasteiger partial charge < -0.3 is 14.4 Å². The molecule has 0 spiro atoms. The number of nitrogens with zero attached hydrogens (tertiary/aromatic N) is 3. The van der Waals surface area contributed by atoms with E-state index in [1.165, 1.54) is 17.8 Å². The molecule has 0 saturated carbocycles. The first-order valence-electron chi connectivity index (χ1n) is 9.66. The van der Waals surface area contributed by atoms with Gasteiger partial charge in [0.25, 0.3) is 0 Å². The summed E-state index contributed by atoms with van der Waals surface area (Å²) >= 11 is 0. The van der Waals surface area contributed by atoms with Crippen molar-refractivity contribution in [1.29, 1.82) is 0 Å². The van der Waals surface area contributed by atoms with Crippen LogP contribution in [0.5, 0.6) is 0 Å². The summed E-state index contributed by atoms with van der Waals surface area (Å²) in [4.78, 5) is 17.2. The molecule has 0 N–H and O–H groups in total. The van der Waals surface area contributed by atoms with E-state index in [4.69, 9.17) is 0 Å². The molecule has 0 unspecified atom stereocenters. The molecule has 1 saturated heterocycles. The van der Waals surface area contributed by atoms with E-state index in [2.05, 4.69) is 17.0 Å². The Hall–Kier alpha value is -3.08. The van der Waals surface area contributed by atoms with Crippen LogP contribution in [-0.2, 0) is 4.79 Å². The molecule has 0 bridgehead atoms. The van der Waals surface area contributed by atoms with Crippen molar-refractivity contribution < 1.29 is 9.18 Å². The van der Waals surface area contributed by atoms with E-state index in [9.17, 15) is 9.18 Å². The number of hydrogen-bond acceptors (Lipinski definition) is 2. The fraction of sp³-hybridized carbons (Fsp3) is 0.261. The predicted molar refractivity (Wildman–Crippen MR) is 109 cm³/mol. The van der Waals surface area contributed by atoms with Gasteiger partial charge in [0.15, 0.2) is 0 Å². The Bertz CT molecular complexity index is 903. The molecule has 3 aromatic rings. The Balaban J connectivity index is 1.44. The van der Waals surface area contributed by atoms with E-state index in [-0.39, 0.29) is 17.8 Å². The number of rotatable bonds is 5. The highest BCUT2D eigenvalue weighted by molar-refractivity contribution is 5.77. The van der Waals surface area contributed by atoms with Crippen molar-refractivity contribution in [3.05, 3.63) is 90.5 Å². The van der Waals surface area contributed by atoms with Crippen molar-refractivity contribution >= 4 is 11.6 Å². The monoisotopic (exact) mass is 377 g/mol. The third-order valence-corrected chi connectivity index (χ3v) is 5.34. The van der Waals surface area contributed by atoms with E-state index >= 15 is 0 Å². The number of anilines is 1. The number of hydrogen-bond donors (Lipinski definition) is 0. The quantitative estimate of drug-likeness (QED) is 0.673. The topological polar surface area (TPSA) is 28.5 Å². The third-order valence-electron chi connectivity index (χ3n) is 5.34. The van der Waals surface area contributed by atoms with Gasteiger partial charge in [0.1, 0.15) is 5.82 Å². The summed E-state index contributed by atoms with van der Waals surface area (Å²) < 4.78 is 15.7. The summed E-state index contributed by atoms with van der Waals surface area (Å²) in [6, 6.07) is 20.5. The van der Waals surface area contributed by atoms with Crippen molar-refractivity contribution in [2.24, 2.45) is 0 Å². The molecule has 144 valence electrons. The zero-order valence-electron chi connectivity index (χ0n) is 15.7. The van der Waals surface area contributed by atoms with Crippen LogP contribution < -0.4 is 4.90 Å². The van der Waals surface area contributed by atoms with E-state index in [0.29, 0.717) is 19.5 Å². The van der Waals surface area contributed by atoms with E-state index in [1.807, 2.05) is 58.3 Å². The molecule has 1 fully saturated rings. The van der Waals surface area contributed by atoms with Gasteiger partial charge in [0.2, 0.25) is 5.91 Å². The summed E-state index contributed by atoms with van der Waals surface area (Å²) in [5.74, 6) is -0.172. The van der Waals surface area contributed by atoms with Gasteiger partial charge in [-0.3, -0.25) is 4.79 Å². The summed E-state index contributed by atoms with van der Waals surface area (Å²) in [6.45, 7) is 3.05. The first-order valence-corrected chi connectivity index (χ1v) is 9.66. The lowest BCUT2D eigenvalue weighted by molar-refractivity contribution is -0.132. The number of aromatic nitrogens is 1. The van der Waals surface area contributed by atoms with Crippen molar-refractivity contribution in [1.82, 2.24) is 9.47 Å². The summed E-state index contributed by atoms with van der Waals surface area (Å²) in [6.07, 6.45) is 4.18. The minimum absolute atomic E-state index is 0.107. The molecule has 5 heteroatoms. The highest BCUT2D eigenvalue weighted by Gasteiger charge is 2.25. The second-order valence-corrected chi connectivity index (χ2v) is 7.11. The van der Waals surface area contributed by atoms with E-state index in [1.54, 1.807) is 6.07 Å². The van der Waals surface area contributed by atoms with E-state index in [0.717, 1.165) is 18.7 Å². The molecule has 1 amide bonds. The number of carbonyl (C=O) groups excluding carboxylic acids is 1. The average Bonchev–Trinajstić information content (AvgIpc) is 3.27. The van der Waals surface area contributed by atoms with Gasteiger partial charge in [-0.1, -0.05) is 30.3 Å². The van der Waals surface area contributed by atoms with Crippen LogP contribution in [0.25, 0.3) is 0 Å². The van der Waals surface area contributed by atoms with Crippen LogP contribution in [0.3, 0.4) is 0 Å². The lowest BCUT2D eigenvalue weighted by Gasteiger charge is -2.36. The highest BCUT2D eigenvalue weighted by Crippen LogP contribution is 2.25. The Morgan fingerprint density at radius 1 is 0.893 bits per heavy atom. The summed E-state index contributed by atoms with van der Waals surface area (Å²) in [5.41, 5.74) is 2.01. The molecule has 28 heavy (non-hydrogen) atoms. The molecule has 4 rings (SSSR count). The summed E-state index contributed by atoms with van der Waals surface area (Å²) in [7, 11) is 0. The lowest BCUT2D eigenvalue weighted by Crippen LogP contribution is -2.49. The SMILES string of the molecule is O=C(C[C@@H](c1cccc(F)c1)n1cccc1)N1CCN(c2ccccc2)CC1. The van der Waals surface area contributed by atoms with Gasteiger partial charge >= 0.3 is 0 Å².